The van der Waals surface area contributed by atoms with Crippen LogP contribution in [-0.4, -0.2) is 131 Å². The number of hydrogen-bond donors (Lipinski definition) is 0. The van der Waals surface area contributed by atoms with E-state index in [1.54, 1.807) is 38.6 Å². The van der Waals surface area contributed by atoms with Crippen LogP contribution in [-0.2, 0) is 70.7 Å². The Bertz CT molecular complexity index is 2350. The van der Waals surface area contributed by atoms with Crippen LogP contribution < -0.4 is 0 Å². The molecular formula is C44H62N10O10S2. The minimum atomic E-state index is -3.65. The Kier molecular flexibility index (Phi) is 13.5. The molecule has 20 nitrogen and oxygen atoms in total. The molecule has 4 saturated carbocycles. The van der Waals surface area contributed by atoms with Gasteiger partial charge in [-0.15, -0.1) is 20.4 Å². The maximum atomic E-state index is 13.5. The van der Waals surface area contributed by atoms with Gasteiger partial charge in [-0.25, -0.2) is 16.8 Å². The Morgan fingerprint density at radius 3 is 1.29 bits per heavy atom. The fourth-order valence-corrected chi connectivity index (χ4v) is 12.7. The fourth-order valence-electron chi connectivity index (χ4n) is 9.84. The Balaban J connectivity index is 0.000000166. The molecule has 0 unspecified atom stereocenters. The van der Waals surface area contributed by atoms with E-state index in [0.29, 0.717) is 86.2 Å². The van der Waals surface area contributed by atoms with Gasteiger partial charge >= 0.3 is 0 Å². The Morgan fingerprint density at radius 1 is 0.606 bits per heavy atom. The summed E-state index contributed by atoms with van der Waals surface area (Å²) in [4.78, 5) is 17.2. The second-order valence-corrected chi connectivity index (χ2v) is 23.5. The van der Waals surface area contributed by atoms with Crippen molar-refractivity contribution in [3.05, 3.63) is 70.9 Å². The molecule has 4 aliphatic carbocycles. The van der Waals surface area contributed by atoms with Crippen molar-refractivity contribution < 1.29 is 45.3 Å². The second kappa shape index (κ2) is 18.9. The van der Waals surface area contributed by atoms with E-state index in [1.807, 2.05) is 13.8 Å². The lowest BCUT2D eigenvalue weighted by atomic mass is 10.1. The van der Waals surface area contributed by atoms with Crippen LogP contribution in [0.25, 0.3) is 0 Å². The Hall–Kier alpha value is -3.90. The van der Waals surface area contributed by atoms with Crippen LogP contribution in [0.5, 0.6) is 0 Å². The van der Waals surface area contributed by atoms with Gasteiger partial charge in [-0.05, 0) is 90.9 Å². The maximum absolute atomic E-state index is 13.5. The molecule has 22 heteroatoms. The van der Waals surface area contributed by atoms with Crippen molar-refractivity contribution in [1.29, 1.82) is 0 Å². The van der Waals surface area contributed by atoms with Crippen LogP contribution in [0.1, 0.15) is 136 Å². The van der Waals surface area contributed by atoms with E-state index in [4.69, 9.17) is 28.4 Å². The van der Waals surface area contributed by atoms with Gasteiger partial charge in [0, 0.05) is 26.6 Å². The molecule has 0 aromatic carbocycles. The highest BCUT2D eigenvalue weighted by Gasteiger charge is 2.59. The average molecular weight is 955 g/mol. The van der Waals surface area contributed by atoms with Gasteiger partial charge in [-0.2, -0.15) is 0 Å². The normalized spacial score (nSPS) is 24.4. The third-order valence-electron chi connectivity index (χ3n) is 14.1. The Labute approximate surface area is 386 Å². The third-order valence-corrected chi connectivity index (χ3v) is 18.2. The summed E-state index contributed by atoms with van der Waals surface area (Å²) in [5, 5.41) is 15.9. The van der Waals surface area contributed by atoms with Gasteiger partial charge in [0.1, 0.15) is 47.6 Å². The van der Waals surface area contributed by atoms with Crippen molar-refractivity contribution in [3.63, 3.8) is 0 Å². The van der Waals surface area contributed by atoms with Gasteiger partial charge < -0.3 is 37.6 Å². The van der Waals surface area contributed by atoms with Crippen LogP contribution in [0.2, 0.25) is 0 Å². The van der Waals surface area contributed by atoms with Gasteiger partial charge in [0.25, 0.3) is 0 Å². The van der Waals surface area contributed by atoms with Crippen LogP contribution in [0.15, 0.2) is 24.8 Å². The quantitative estimate of drug-likeness (QED) is 0.136. The topological polar surface area (TPSA) is 237 Å². The summed E-state index contributed by atoms with van der Waals surface area (Å²) in [6.45, 7) is 9.86. The first-order chi connectivity index (χ1) is 31.7. The van der Waals surface area contributed by atoms with E-state index in [-0.39, 0.29) is 34.8 Å². The number of methoxy groups -OCH3 is 2. The molecule has 6 fully saturated rings. The molecule has 6 atom stereocenters. The molecule has 0 amide bonds. The highest BCUT2D eigenvalue weighted by atomic mass is 32.2. The number of aryl methyl sites for hydroxylation is 2. The number of nitrogens with zero attached hydrogens (tertiary/aromatic N) is 10. The monoisotopic (exact) mass is 954 g/mol. The highest BCUT2D eigenvalue weighted by molar-refractivity contribution is 7.91. The van der Waals surface area contributed by atoms with Crippen LogP contribution in [0, 0.1) is 25.7 Å². The summed E-state index contributed by atoms with van der Waals surface area (Å²) in [6, 6.07) is 0. The third kappa shape index (κ3) is 9.57. The SMILES string of the molecule is CO[C@H](c1cnc(C)cn1)[C@H](C)S(=O)(=O)Cc1nnc([C@@H]2COCCO2)n1C1(C2CC2)CC1.CO[C@H](c1cnc(C)cn1)[C@H](C)S(=O)(=O)Cc1nnc([C@H]2COCCO2)n1C1(C2CC2)CC1. The zero-order chi connectivity index (χ0) is 46.4. The van der Waals surface area contributed by atoms with Crippen molar-refractivity contribution >= 4 is 19.7 Å². The Morgan fingerprint density at radius 2 is 1.00 bits per heavy atom. The lowest BCUT2D eigenvalue weighted by Gasteiger charge is -2.28. The molecule has 2 saturated heterocycles. The number of sulfone groups is 2. The van der Waals surface area contributed by atoms with Crippen molar-refractivity contribution in [1.82, 2.24) is 49.5 Å². The molecule has 10 rings (SSSR count). The smallest absolute Gasteiger partial charge is 0.165 e. The molecule has 0 bridgehead atoms. The zero-order valence-corrected chi connectivity index (χ0v) is 40.2. The van der Waals surface area contributed by atoms with E-state index in [0.717, 1.165) is 62.8 Å². The van der Waals surface area contributed by atoms with Crippen molar-refractivity contribution in [2.75, 3.05) is 53.9 Å². The van der Waals surface area contributed by atoms with Gasteiger partial charge in [0.05, 0.1) is 96.4 Å². The van der Waals surface area contributed by atoms with Crippen LogP contribution in [0.4, 0.5) is 0 Å². The number of rotatable bonds is 18. The van der Waals surface area contributed by atoms with E-state index in [1.165, 1.54) is 14.2 Å². The lowest BCUT2D eigenvalue weighted by Crippen LogP contribution is -2.33. The maximum Gasteiger partial charge on any atom is 0.165 e. The predicted octanol–water partition coefficient (Wildman–Crippen LogP) is 4.11. The van der Waals surface area contributed by atoms with Crippen molar-refractivity contribution in [2.45, 2.75) is 137 Å². The molecule has 6 heterocycles. The number of ether oxygens (including phenoxy) is 6. The van der Waals surface area contributed by atoms with Crippen molar-refractivity contribution in [2.24, 2.45) is 11.8 Å². The van der Waals surface area contributed by atoms with Gasteiger partial charge in [-0.1, -0.05) is 0 Å². The van der Waals surface area contributed by atoms with E-state index in [2.05, 4.69) is 49.5 Å². The predicted molar refractivity (Wildman–Crippen MR) is 236 cm³/mol. The molecule has 0 N–H and O–H groups in total. The molecule has 66 heavy (non-hydrogen) atoms. The largest absolute Gasteiger partial charge is 0.376 e. The molecule has 4 aromatic heterocycles. The summed E-state index contributed by atoms with van der Waals surface area (Å²) >= 11 is 0. The molecule has 360 valence electrons. The van der Waals surface area contributed by atoms with Gasteiger partial charge in [-0.3, -0.25) is 19.9 Å². The zero-order valence-electron chi connectivity index (χ0n) is 38.6. The molecule has 2 aliphatic heterocycles. The average Bonchev–Trinajstić information content (AvgIpc) is 4.11. The summed E-state index contributed by atoms with van der Waals surface area (Å²) in [5.74, 6) is 2.97. The lowest BCUT2D eigenvalue weighted by molar-refractivity contribution is -0.0955. The summed E-state index contributed by atoms with van der Waals surface area (Å²) in [5.41, 5.74) is 2.33. The highest BCUT2D eigenvalue weighted by Crippen LogP contribution is 2.61. The second-order valence-electron chi connectivity index (χ2n) is 18.7. The van der Waals surface area contributed by atoms with Gasteiger partial charge in [0.2, 0.25) is 0 Å². The minimum absolute atomic E-state index is 0.0865. The summed E-state index contributed by atoms with van der Waals surface area (Å²) < 4.78 is 92.5. The standard InChI is InChI=1S/2C22H31N5O5S/c2*1-14-10-24-17(11-23-14)20(30-3)15(2)33(28,29)13-19-25-26-21(18-12-31-8-9-32-18)27(19)22(6-7-22)16-4-5-16/h2*10-11,15-16,18,20H,4-9,12-13H2,1-3H3/t15-,18+,20-;15-,18-,20-/m00/s1. The van der Waals surface area contributed by atoms with E-state index >= 15 is 0 Å². The van der Waals surface area contributed by atoms with Crippen LogP contribution >= 0.6 is 0 Å². The molecule has 0 radical (unpaired) electrons. The van der Waals surface area contributed by atoms with Crippen LogP contribution in [0.3, 0.4) is 0 Å². The molecular weight excluding hydrogens is 893 g/mol. The van der Waals surface area contributed by atoms with Gasteiger partial charge in [0.15, 0.2) is 31.3 Å². The number of hydrogen-bond acceptors (Lipinski definition) is 18. The fraction of sp³-hybridized carbons (Fsp3) is 0.727. The van der Waals surface area contributed by atoms with E-state index < -0.39 is 42.4 Å². The molecule has 0 spiro atoms. The first kappa shape index (κ1) is 47.2. The van der Waals surface area contributed by atoms with E-state index in [9.17, 15) is 16.8 Å². The first-order valence-corrected chi connectivity index (χ1v) is 26.5. The molecule has 4 aromatic rings. The minimum Gasteiger partial charge on any atom is -0.376 e. The molecule has 6 aliphatic rings. The number of aromatic nitrogens is 10. The summed E-state index contributed by atoms with van der Waals surface area (Å²) in [6.07, 6.45) is 12.9. The first-order valence-electron chi connectivity index (χ1n) is 23.0. The summed E-state index contributed by atoms with van der Waals surface area (Å²) in [7, 11) is -4.31. The van der Waals surface area contributed by atoms with Crippen molar-refractivity contribution in [3.8, 4) is 0 Å².